The van der Waals surface area contributed by atoms with Crippen LogP contribution >= 0.6 is 15.9 Å². The molecule has 0 bridgehead atoms. The van der Waals surface area contributed by atoms with E-state index in [1.54, 1.807) is 12.1 Å². The lowest BCUT2D eigenvalue weighted by Crippen LogP contribution is -2.33. The van der Waals surface area contributed by atoms with E-state index in [-0.39, 0.29) is 0 Å². The number of carbonyl (C=O) groups excluding carboxylic acids is 1. The Kier molecular flexibility index (Phi) is 5.34. The van der Waals surface area contributed by atoms with Gasteiger partial charge in [0.25, 0.3) is 0 Å². The summed E-state index contributed by atoms with van der Waals surface area (Å²) >= 11 is 3.37. The van der Waals surface area contributed by atoms with Gasteiger partial charge in [-0.1, -0.05) is 35.0 Å². The molecule has 18 heavy (non-hydrogen) atoms. The first kappa shape index (κ1) is 14.7. The number of aliphatic carboxylic acids is 1. The second kappa shape index (κ2) is 6.54. The SMILES string of the molecule is CCCN(C=O)C(C(=O)O)c1ccc(C)c(Br)c1. The molecule has 1 amide bonds. The molecule has 0 aliphatic heterocycles. The molecule has 0 radical (unpaired) electrons. The van der Waals surface area contributed by atoms with Gasteiger partial charge in [0.1, 0.15) is 0 Å². The van der Waals surface area contributed by atoms with Gasteiger partial charge in [0.15, 0.2) is 6.04 Å². The number of halogens is 1. The van der Waals surface area contributed by atoms with Crippen LogP contribution in [0.15, 0.2) is 22.7 Å². The van der Waals surface area contributed by atoms with Crippen molar-refractivity contribution in [2.45, 2.75) is 26.3 Å². The van der Waals surface area contributed by atoms with Crippen LogP contribution in [-0.2, 0) is 9.59 Å². The molecule has 1 aromatic carbocycles. The number of carboxylic acids is 1. The van der Waals surface area contributed by atoms with Crippen molar-refractivity contribution in [3.8, 4) is 0 Å². The molecule has 5 heteroatoms. The quantitative estimate of drug-likeness (QED) is 0.822. The summed E-state index contributed by atoms with van der Waals surface area (Å²) in [5.41, 5.74) is 1.62. The zero-order chi connectivity index (χ0) is 13.7. The van der Waals surface area contributed by atoms with Crippen LogP contribution in [-0.4, -0.2) is 28.9 Å². The van der Waals surface area contributed by atoms with Gasteiger partial charge in [-0.25, -0.2) is 4.79 Å². The van der Waals surface area contributed by atoms with Crippen molar-refractivity contribution in [2.24, 2.45) is 0 Å². The molecular formula is C13H16BrNO3. The minimum atomic E-state index is -1.02. The van der Waals surface area contributed by atoms with E-state index < -0.39 is 12.0 Å². The molecule has 4 nitrogen and oxygen atoms in total. The first-order valence-electron chi connectivity index (χ1n) is 5.71. The van der Waals surface area contributed by atoms with Crippen LogP contribution in [0.3, 0.4) is 0 Å². The summed E-state index contributed by atoms with van der Waals surface area (Å²) in [5.74, 6) is -1.02. The lowest BCUT2D eigenvalue weighted by atomic mass is 10.0. The number of carbonyl (C=O) groups is 2. The highest BCUT2D eigenvalue weighted by molar-refractivity contribution is 9.10. The maximum Gasteiger partial charge on any atom is 0.331 e. The van der Waals surface area contributed by atoms with Gasteiger partial charge < -0.3 is 10.0 Å². The standard InChI is InChI=1S/C13H16BrNO3/c1-3-6-15(8-16)12(13(17)18)10-5-4-9(2)11(14)7-10/h4-5,7-8,12H,3,6H2,1-2H3,(H,17,18). The summed E-state index contributed by atoms with van der Waals surface area (Å²) < 4.78 is 0.841. The average Bonchev–Trinajstić information content (AvgIpc) is 2.32. The molecule has 0 aromatic heterocycles. The largest absolute Gasteiger partial charge is 0.479 e. The second-order valence-electron chi connectivity index (χ2n) is 4.09. The van der Waals surface area contributed by atoms with E-state index in [9.17, 15) is 14.7 Å². The van der Waals surface area contributed by atoms with Crippen molar-refractivity contribution in [3.05, 3.63) is 33.8 Å². The van der Waals surface area contributed by atoms with E-state index in [4.69, 9.17) is 0 Å². The minimum Gasteiger partial charge on any atom is -0.479 e. The highest BCUT2D eigenvalue weighted by Crippen LogP contribution is 2.25. The van der Waals surface area contributed by atoms with Crippen LogP contribution in [0.4, 0.5) is 0 Å². The van der Waals surface area contributed by atoms with Crippen LogP contribution < -0.4 is 0 Å². The van der Waals surface area contributed by atoms with Gasteiger partial charge in [-0.2, -0.15) is 0 Å². The van der Waals surface area contributed by atoms with E-state index in [1.807, 2.05) is 19.9 Å². The lowest BCUT2D eigenvalue weighted by Gasteiger charge is -2.25. The molecule has 0 fully saturated rings. The Morgan fingerprint density at radius 3 is 2.67 bits per heavy atom. The molecule has 0 heterocycles. The average molecular weight is 314 g/mol. The van der Waals surface area contributed by atoms with Crippen LogP contribution in [0.25, 0.3) is 0 Å². The minimum absolute atomic E-state index is 0.423. The summed E-state index contributed by atoms with van der Waals surface area (Å²) in [6.45, 7) is 4.25. The zero-order valence-electron chi connectivity index (χ0n) is 10.4. The fourth-order valence-corrected chi connectivity index (χ4v) is 2.15. The topological polar surface area (TPSA) is 57.6 Å². The molecule has 0 aliphatic carbocycles. The van der Waals surface area contributed by atoms with Crippen molar-refractivity contribution in [1.29, 1.82) is 0 Å². The zero-order valence-corrected chi connectivity index (χ0v) is 12.0. The highest BCUT2D eigenvalue weighted by atomic mass is 79.9. The van der Waals surface area contributed by atoms with Crippen LogP contribution in [0, 0.1) is 6.92 Å². The predicted octanol–water partition coefficient (Wildman–Crippen LogP) is 2.75. The smallest absolute Gasteiger partial charge is 0.331 e. The van der Waals surface area contributed by atoms with E-state index in [0.717, 1.165) is 16.5 Å². The van der Waals surface area contributed by atoms with Crippen LogP contribution in [0.1, 0.15) is 30.5 Å². The number of rotatable bonds is 6. The molecule has 1 N–H and O–H groups in total. The Labute approximate surface area is 115 Å². The Hall–Kier alpha value is -1.36. The molecule has 0 saturated carbocycles. The van der Waals surface area contributed by atoms with Gasteiger partial charge in [0.2, 0.25) is 6.41 Å². The van der Waals surface area contributed by atoms with Gasteiger partial charge in [-0.3, -0.25) is 4.79 Å². The third-order valence-corrected chi connectivity index (χ3v) is 3.55. The Bertz CT molecular complexity index is 448. The number of aryl methyl sites for hydroxylation is 1. The lowest BCUT2D eigenvalue weighted by molar-refractivity contribution is -0.146. The fraction of sp³-hybridized carbons (Fsp3) is 0.385. The summed E-state index contributed by atoms with van der Waals surface area (Å²) in [6, 6.07) is 4.40. The van der Waals surface area contributed by atoms with Gasteiger partial charge in [0, 0.05) is 11.0 Å². The summed E-state index contributed by atoms with van der Waals surface area (Å²) in [5, 5.41) is 9.30. The molecule has 0 aliphatic rings. The Morgan fingerprint density at radius 2 is 2.22 bits per heavy atom. The van der Waals surface area contributed by atoms with E-state index >= 15 is 0 Å². The predicted molar refractivity (Wildman–Crippen MR) is 72.3 cm³/mol. The first-order chi connectivity index (χ1) is 8.51. The first-order valence-corrected chi connectivity index (χ1v) is 6.50. The summed E-state index contributed by atoms with van der Waals surface area (Å²) in [6.07, 6.45) is 1.31. The molecular weight excluding hydrogens is 298 g/mol. The number of benzene rings is 1. The molecule has 1 atom stereocenters. The van der Waals surface area contributed by atoms with Crippen LogP contribution in [0.5, 0.6) is 0 Å². The van der Waals surface area contributed by atoms with Crippen molar-refractivity contribution in [3.63, 3.8) is 0 Å². The molecule has 98 valence electrons. The molecule has 1 unspecified atom stereocenters. The van der Waals surface area contributed by atoms with E-state index in [1.165, 1.54) is 4.90 Å². The van der Waals surface area contributed by atoms with Gasteiger partial charge in [0.05, 0.1) is 0 Å². The molecule has 0 saturated heterocycles. The second-order valence-corrected chi connectivity index (χ2v) is 4.95. The number of hydrogen-bond acceptors (Lipinski definition) is 2. The normalized spacial score (nSPS) is 11.9. The Morgan fingerprint density at radius 1 is 1.56 bits per heavy atom. The summed E-state index contributed by atoms with van der Waals surface area (Å²) in [7, 11) is 0. The van der Waals surface area contributed by atoms with Crippen molar-refractivity contribution in [1.82, 2.24) is 4.90 Å². The molecule has 1 aromatic rings. The number of carboxylic acid groups (broad SMARTS) is 1. The summed E-state index contributed by atoms with van der Waals surface area (Å²) in [4.78, 5) is 23.7. The molecule has 1 rings (SSSR count). The monoisotopic (exact) mass is 313 g/mol. The van der Waals surface area contributed by atoms with E-state index in [2.05, 4.69) is 15.9 Å². The number of amides is 1. The maximum atomic E-state index is 11.4. The highest BCUT2D eigenvalue weighted by Gasteiger charge is 2.26. The van der Waals surface area contributed by atoms with E-state index in [0.29, 0.717) is 18.5 Å². The van der Waals surface area contributed by atoms with Gasteiger partial charge in [-0.05, 0) is 30.5 Å². The fourth-order valence-electron chi connectivity index (χ4n) is 1.76. The van der Waals surface area contributed by atoms with Gasteiger partial charge in [-0.15, -0.1) is 0 Å². The third-order valence-electron chi connectivity index (χ3n) is 2.69. The number of hydrogen-bond donors (Lipinski definition) is 1. The molecule has 0 spiro atoms. The van der Waals surface area contributed by atoms with Gasteiger partial charge >= 0.3 is 5.97 Å². The van der Waals surface area contributed by atoms with Crippen molar-refractivity contribution in [2.75, 3.05) is 6.54 Å². The van der Waals surface area contributed by atoms with Crippen molar-refractivity contribution < 1.29 is 14.7 Å². The third kappa shape index (κ3) is 3.32. The number of nitrogens with zero attached hydrogens (tertiary/aromatic N) is 1. The maximum absolute atomic E-state index is 11.4. The Balaban J connectivity index is 3.14. The van der Waals surface area contributed by atoms with Crippen molar-refractivity contribution >= 4 is 28.3 Å². The van der Waals surface area contributed by atoms with Crippen LogP contribution in [0.2, 0.25) is 0 Å².